The van der Waals surface area contributed by atoms with Gasteiger partial charge in [0.2, 0.25) is 0 Å². The van der Waals surface area contributed by atoms with Crippen LogP contribution in [0.15, 0.2) is 66.9 Å². The molecule has 3 aromatic rings. The van der Waals surface area contributed by atoms with E-state index in [0.717, 1.165) is 11.3 Å². The number of carbonyl (C=O) groups is 1. The summed E-state index contributed by atoms with van der Waals surface area (Å²) in [5.41, 5.74) is 2.24. The first kappa shape index (κ1) is 16.4. The summed E-state index contributed by atoms with van der Waals surface area (Å²) in [4.78, 5) is 15.1. The standard InChI is InChI=1S/C21H19FN2O2/c1-26-19-10-3-2-8-17(19)21(25)24-13-12-23-11-5-9-18(23)20(24)15-6-4-7-16(22)14-15/h2-11,14,20H,12-13H2,1H3. The highest BCUT2D eigenvalue weighted by molar-refractivity contribution is 5.97. The zero-order valence-corrected chi connectivity index (χ0v) is 14.4. The summed E-state index contributed by atoms with van der Waals surface area (Å²) in [6.45, 7) is 1.24. The van der Waals surface area contributed by atoms with Crippen molar-refractivity contribution in [2.45, 2.75) is 12.6 Å². The molecule has 0 spiro atoms. The maximum atomic E-state index is 13.9. The van der Waals surface area contributed by atoms with Crippen LogP contribution < -0.4 is 4.74 Å². The third kappa shape index (κ3) is 2.75. The molecule has 1 aliphatic heterocycles. The van der Waals surface area contributed by atoms with Crippen molar-refractivity contribution >= 4 is 5.91 Å². The Labute approximate surface area is 151 Å². The van der Waals surface area contributed by atoms with E-state index < -0.39 is 0 Å². The van der Waals surface area contributed by atoms with Gasteiger partial charge in [-0.05, 0) is 42.0 Å². The van der Waals surface area contributed by atoms with E-state index >= 15 is 0 Å². The van der Waals surface area contributed by atoms with Gasteiger partial charge in [-0.3, -0.25) is 4.79 Å². The molecule has 0 radical (unpaired) electrons. The maximum Gasteiger partial charge on any atom is 0.258 e. The van der Waals surface area contributed by atoms with Gasteiger partial charge >= 0.3 is 0 Å². The van der Waals surface area contributed by atoms with Gasteiger partial charge in [0, 0.05) is 25.0 Å². The Morgan fingerprint density at radius 2 is 1.92 bits per heavy atom. The monoisotopic (exact) mass is 350 g/mol. The van der Waals surface area contributed by atoms with Crippen molar-refractivity contribution in [2.24, 2.45) is 0 Å². The lowest BCUT2D eigenvalue weighted by molar-refractivity contribution is 0.0660. The topological polar surface area (TPSA) is 34.5 Å². The van der Waals surface area contributed by atoms with E-state index in [2.05, 4.69) is 4.57 Å². The predicted molar refractivity (Wildman–Crippen MR) is 96.7 cm³/mol. The molecular formula is C21H19FN2O2. The van der Waals surface area contributed by atoms with Gasteiger partial charge < -0.3 is 14.2 Å². The maximum absolute atomic E-state index is 13.9. The highest BCUT2D eigenvalue weighted by Crippen LogP contribution is 2.34. The number of rotatable bonds is 3. The van der Waals surface area contributed by atoms with Gasteiger partial charge in [0.05, 0.1) is 18.7 Å². The van der Waals surface area contributed by atoms with E-state index in [-0.39, 0.29) is 17.8 Å². The molecule has 5 heteroatoms. The fourth-order valence-electron chi connectivity index (χ4n) is 3.61. The van der Waals surface area contributed by atoms with Crippen LogP contribution in [-0.2, 0) is 6.54 Å². The van der Waals surface area contributed by atoms with Crippen LogP contribution in [0, 0.1) is 5.82 Å². The molecule has 0 aliphatic carbocycles. The third-order valence-corrected chi connectivity index (χ3v) is 4.80. The molecule has 0 bridgehead atoms. The molecule has 0 fully saturated rings. The zero-order valence-electron chi connectivity index (χ0n) is 14.4. The highest BCUT2D eigenvalue weighted by Gasteiger charge is 2.33. The van der Waals surface area contributed by atoms with Gasteiger partial charge in [-0.1, -0.05) is 24.3 Å². The van der Waals surface area contributed by atoms with Crippen LogP contribution in [0.25, 0.3) is 0 Å². The molecule has 1 amide bonds. The van der Waals surface area contributed by atoms with Gasteiger partial charge in [-0.15, -0.1) is 0 Å². The number of fused-ring (bicyclic) bond motifs is 1. The lowest BCUT2D eigenvalue weighted by Crippen LogP contribution is -2.42. The van der Waals surface area contributed by atoms with Crippen LogP contribution in [0.3, 0.4) is 0 Å². The van der Waals surface area contributed by atoms with Crippen molar-refractivity contribution in [1.29, 1.82) is 0 Å². The summed E-state index contributed by atoms with van der Waals surface area (Å²) < 4.78 is 21.3. The second-order valence-corrected chi connectivity index (χ2v) is 6.28. The smallest absolute Gasteiger partial charge is 0.258 e. The number of ether oxygens (including phenoxy) is 1. The van der Waals surface area contributed by atoms with Crippen LogP contribution in [0.4, 0.5) is 4.39 Å². The molecule has 0 saturated heterocycles. The first-order chi connectivity index (χ1) is 12.7. The summed E-state index contributed by atoms with van der Waals surface area (Å²) in [5.74, 6) is 0.108. The van der Waals surface area contributed by atoms with Crippen LogP contribution in [0.1, 0.15) is 27.7 Å². The summed E-state index contributed by atoms with van der Waals surface area (Å²) in [6.07, 6.45) is 1.99. The number of benzene rings is 2. The zero-order chi connectivity index (χ0) is 18.1. The number of halogens is 1. The van der Waals surface area contributed by atoms with Crippen molar-refractivity contribution in [3.05, 3.63) is 89.5 Å². The number of carbonyl (C=O) groups excluding carboxylic acids is 1. The summed E-state index contributed by atoms with van der Waals surface area (Å²) >= 11 is 0. The van der Waals surface area contributed by atoms with E-state index in [1.165, 1.54) is 12.1 Å². The van der Waals surface area contributed by atoms with E-state index in [9.17, 15) is 9.18 Å². The SMILES string of the molecule is COc1ccccc1C(=O)N1CCn2cccc2C1c1cccc(F)c1. The van der Waals surface area contributed by atoms with Gasteiger partial charge in [0.15, 0.2) is 0 Å². The average molecular weight is 350 g/mol. The summed E-state index contributed by atoms with van der Waals surface area (Å²) in [6, 6.07) is 17.2. The molecule has 1 atom stereocenters. The van der Waals surface area contributed by atoms with Gasteiger partial charge in [0.25, 0.3) is 5.91 Å². The number of amides is 1. The highest BCUT2D eigenvalue weighted by atomic mass is 19.1. The number of para-hydroxylation sites is 1. The summed E-state index contributed by atoms with van der Waals surface area (Å²) in [5, 5.41) is 0. The number of aromatic nitrogens is 1. The Morgan fingerprint density at radius 1 is 1.08 bits per heavy atom. The Hall–Kier alpha value is -3.08. The molecule has 4 nitrogen and oxygen atoms in total. The Kier molecular flexibility index (Phi) is 4.21. The number of methoxy groups -OCH3 is 1. The minimum Gasteiger partial charge on any atom is -0.496 e. The molecule has 1 unspecified atom stereocenters. The van der Waals surface area contributed by atoms with E-state index in [1.54, 1.807) is 30.2 Å². The lowest BCUT2D eigenvalue weighted by atomic mass is 9.98. The van der Waals surface area contributed by atoms with Gasteiger partial charge in [0.1, 0.15) is 11.6 Å². The van der Waals surface area contributed by atoms with Crippen LogP contribution in [0.2, 0.25) is 0 Å². The minimum absolute atomic E-state index is 0.121. The second kappa shape index (κ2) is 6.67. The molecule has 1 aromatic heterocycles. The Morgan fingerprint density at radius 3 is 2.73 bits per heavy atom. The number of nitrogens with zero attached hydrogens (tertiary/aromatic N) is 2. The van der Waals surface area contributed by atoms with E-state index in [0.29, 0.717) is 24.4 Å². The molecule has 0 saturated carbocycles. The third-order valence-electron chi connectivity index (χ3n) is 4.80. The molecular weight excluding hydrogens is 331 g/mol. The fraction of sp³-hybridized carbons (Fsp3) is 0.190. The van der Waals surface area contributed by atoms with E-state index in [1.807, 2.05) is 36.5 Å². The average Bonchev–Trinajstić information content (AvgIpc) is 3.15. The summed E-state index contributed by atoms with van der Waals surface area (Å²) in [7, 11) is 1.55. The molecule has 1 aliphatic rings. The quantitative estimate of drug-likeness (QED) is 0.718. The minimum atomic E-state index is -0.341. The first-order valence-electron chi connectivity index (χ1n) is 8.53. The largest absolute Gasteiger partial charge is 0.496 e. The van der Waals surface area contributed by atoms with Crippen molar-refractivity contribution in [3.8, 4) is 5.75 Å². The molecule has 132 valence electrons. The van der Waals surface area contributed by atoms with Crippen molar-refractivity contribution in [3.63, 3.8) is 0 Å². The molecule has 4 rings (SSSR count). The molecule has 2 heterocycles. The van der Waals surface area contributed by atoms with Crippen LogP contribution >= 0.6 is 0 Å². The lowest BCUT2D eigenvalue weighted by Gasteiger charge is -2.37. The molecule has 0 N–H and O–H groups in total. The van der Waals surface area contributed by atoms with Gasteiger partial charge in [-0.25, -0.2) is 4.39 Å². The van der Waals surface area contributed by atoms with Crippen LogP contribution in [-0.4, -0.2) is 29.0 Å². The Balaban J connectivity index is 1.80. The van der Waals surface area contributed by atoms with Crippen molar-refractivity contribution < 1.29 is 13.9 Å². The van der Waals surface area contributed by atoms with E-state index in [4.69, 9.17) is 4.74 Å². The van der Waals surface area contributed by atoms with Crippen molar-refractivity contribution in [2.75, 3.05) is 13.7 Å². The Bertz CT molecular complexity index is 950. The van der Waals surface area contributed by atoms with Crippen LogP contribution in [0.5, 0.6) is 5.75 Å². The molecule has 26 heavy (non-hydrogen) atoms. The van der Waals surface area contributed by atoms with Gasteiger partial charge in [-0.2, -0.15) is 0 Å². The fourth-order valence-corrected chi connectivity index (χ4v) is 3.61. The molecule has 2 aromatic carbocycles. The number of hydrogen-bond donors (Lipinski definition) is 0. The van der Waals surface area contributed by atoms with Crippen molar-refractivity contribution in [1.82, 2.24) is 9.47 Å². The predicted octanol–water partition coefficient (Wildman–Crippen LogP) is 3.88. The number of hydrogen-bond acceptors (Lipinski definition) is 2. The second-order valence-electron chi connectivity index (χ2n) is 6.28. The normalized spacial score (nSPS) is 16.2. The first-order valence-corrected chi connectivity index (χ1v) is 8.53.